The highest BCUT2D eigenvalue weighted by Crippen LogP contribution is 2.31. The zero-order valence-corrected chi connectivity index (χ0v) is 21.9. The van der Waals surface area contributed by atoms with Gasteiger partial charge in [-0.25, -0.2) is 9.37 Å². The SMILES string of the molecule is CC.CCCCCC(C)C(=O)N1CC=C(c2cc3c(Nc4ccc(F)c(Cl)c4)ccnc3[nH]2)CC1. The minimum absolute atomic E-state index is 0.0752. The van der Waals surface area contributed by atoms with Crippen LogP contribution in [0.2, 0.25) is 5.02 Å². The number of aromatic amines is 1. The Morgan fingerprint density at radius 3 is 2.74 bits per heavy atom. The van der Waals surface area contributed by atoms with E-state index in [1.165, 1.54) is 24.5 Å². The molecular formula is C28H36ClFN4O. The monoisotopic (exact) mass is 498 g/mol. The minimum atomic E-state index is -0.446. The fourth-order valence-corrected chi connectivity index (χ4v) is 4.47. The number of nitrogens with zero attached hydrogens (tertiary/aromatic N) is 2. The van der Waals surface area contributed by atoms with Gasteiger partial charge in [-0.3, -0.25) is 4.79 Å². The Morgan fingerprint density at radius 2 is 2.06 bits per heavy atom. The van der Waals surface area contributed by atoms with Gasteiger partial charge in [0.05, 0.1) is 10.7 Å². The molecule has 1 atom stereocenters. The average Bonchev–Trinajstić information content (AvgIpc) is 3.33. The van der Waals surface area contributed by atoms with E-state index in [4.69, 9.17) is 11.6 Å². The number of benzene rings is 1. The van der Waals surface area contributed by atoms with Gasteiger partial charge in [-0.15, -0.1) is 0 Å². The molecule has 7 heteroatoms. The van der Waals surface area contributed by atoms with Crippen molar-refractivity contribution in [3.05, 3.63) is 59.1 Å². The molecule has 1 amide bonds. The summed E-state index contributed by atoms with van der Waals surface area (Å²) in [7, 11) is 0. The van der Waals surface area contributed by atoms with Crippen LogP contribution in [0.4, 0.5) is 15.8 Å². The van der Waals surface area contributed by atoms with Crippen molar-refractivity contribution in [1.29, 1.82) is 0 Å². The van der Waals surface area contributed by atoms with Crippen molar-refractivity contribution in [3.8, 4) is 0 Å². The lowest BCUT2D eigenvalue weighted by Crippen LogP contribution is -2.38. The van der Waals surface area contributed by atoms with Crippen LogP contribution < -0.4 is 5.32 Å². The highest BCUT2D eigenvalue weighted by Gasteiger charge is 2.23. The fourth-order valence-electron chi connectivity index (χ4n) is 4.29. The Hall–Kier alpha value is -2.86. The van der Waals surface area contributed by atoms with Gasteiger partial charge < -0.3 is 15.2 Å². The minimum Gasteiger partial charge on any atom is -0.355 e. The van der Waals surface area contributed by atoms with Crippen molar-refractivity contribution < 1.29 is 9.18 Å². The van der Waals surface area contributed by atoms with Gasteiger partial charge in [0.2, 0.25) is 5.91 Å². The van der Waals surface area contributed by atoms with Crippen LogP contribution in [0, 0.1) is 11.7 Å². The normalized spacial score (nSPS) is 14.2. The summed E-state index contributed by atoms with van der Waals surface area (Å²) in [6.45, 7) is 9.59. The number of carbonyl (C=O) groups excluding carboxylic acids is 1. The summed E-state index contributed by atoms with van der Waals surface area (Å²) in [5.74, 6) is -0.111. The summed E-state index contributed by atoms with van der Waals surface area (Å²) in [5, 5.41) is 4.32. The molecule has 0 spiro atoms. The van der Waals surface area contributed by atoms with Crippen LogP contribution in [0.3, 0.4) is 0 Å². The number of unbranched alkanes of at least 4 members (excludes halogenated alkanes) is 2. The first kappa shape index (κ1) is 26.7. The number of hydrogen-bond acceptors (Lipinski definition) is 3. The van der Waals surface area contributed by atoms with Crippen molar-refractivity contribution in [2.24, 2.45) is 5.92 Å². The average molecular weight is 499 g/mol. The molecular weight excluding hydrogens is 463 g/mol. The van der Waals surface area contributed by atoms with Gasteiger partial charge in [-0.2, -0.15) is 0 Å². The Labute approximate surface area is 212 Å². The number of amides is 1. The molecule has 3 aromatic rings. The third-order valence-corrected chi connectivity index (χ3v) is 6.55. The maximum Gasteiger partial charge on any atom is 0.225 e. The predicted molar refractivity (Wildman–Crippen MR) is 145 cm³/mol. The van der Waals surface area contributed by atoms with E-state index < -0.39 is 5.82 Å². The summed E-state index contributed by atoms with van der Waals surface area (Å²) < 4.78 is 13.5. The molecule has 1 aliphatic heterocycles. The van der Waals surface area contributed by atoms with Gasteiger partial charge in [0.15, 0.2) is 0 Å². The number of carbonyl (C=O) groups is 1. The molecule has 0 fully saturated rings. The second-order valence-electron chi connectivity index (χ2n) is 8.72. The highest BCUT2D eigenvalue weighted by atomic mass is 35.5. The molecule has 1 aromatic carbocycles. The standard InChI is InChI=1S/C26H30ClFN4O.C2H6/c1-3-4-5-6-17(2)26(33)32-13-10-18(11-14-32)24-16-20-23(9-12-29-25(20)31-24)30-19-7-8-22(28)21(27)15-19;1-2/h7-10,12,15-17H,3-6,11,13-14H2,1-2H3,(H2,29,30,31);1-2H3. The molecule has 1 unspecified atom stereocenters. The smallest absolute Gasteiger partial charge is 0.225 e. The second-order valence-corrected chi connectivity index (χ2v) is 9.13. The molecule has 1 aliphatic rings. The Morgan fingerprint density at radius 1 is 1.26 bits per heavy atom. The molecule has 0 radical (unpaired) electrons. The van der Waals surface area contributed by atoms with E-state index in [-0.39, 0.29) is 16.8 Å². The molecule has 4 rings (SSSR count). The maximum atomic E-state index is 13.5. The number of fused-ring (bicyclic) bond motifs is 1. The molecule has 0 saturated carbocycles. The van der Waals surface area contributed by atoms with E-state index in [9.17, 15) is 9.18 Å². The summed E-state index contributed by atoms with van der Waals surface area (Å²) in [4.78, 5) is 22.6. The van der Waals surface area contributed by atoms with E-state index in [2.05, 4.69) is 34.4 Å². The van der Waals surface area contributed by atoms with Gasteiger partial charge in [0.1, 0.15) is 11.5 Å². The van der Waals surface area contributed by atoms with Crippen molar-refractivity contribution in [2.75, 3.05) is 18.4 Å². The summed E-state index contributed by atoms with van der Waals surface area (Å²) in [5.41, 5.74) is 4.53. The zero-order valence-electron chi connectivity index (χ0n) is 21.1. The molecule has 0 saturated heterocycles. The summed E-state index contributed by atoms with van der Waals surface area (Å²) in [6, 6.07) is 8.52. The number of hydrogen-bond donors (Lipinski definition) is 2. The first-order valence-electron chi connectivity index (χ1n) is 12.6. The van der Waals surface area contributed by atoms with Gasteiger partial charge in [-0.05, 0) is 48.7 Å². The third kappa shape index (κ3) is 6.63. The molecule has 35 heavy (non-hydrogen) atoms. The number of H-pyrrole nitrogens is 1. The largest absolute Gasteiger partial charge is 0.355 e. The van der Waals surface area contributed by atoms with Gasteiger partial charge in [0, 0.05) is 42.0 Å². The third-order valence-electron chi connectivity index (χ3n) is 6.26. The van der Waals surface area contributed by atoms with Crippen molar-refractivity contribution in [3.63, 3.8) is 0 Å². The Bertz CT molecular complexity index is 1170. The van der Waals surface area contributed by atoms with Crippen LogP contribution in [0.1, 0.15) is 65.5 Å². The zero-order chi connectivity index (χ0) is 25.4. The lowest BCUT2D eigenvalue weighted by molar-refractivity contribution is -0.134. The van der Waals surface area contributed by atoms with E-state index in [0.29, 0.717) is 12.2 Å². The van der Waals surface area contributed by atoms with Crippen molar-refractivity contribution >= 4 is 45.5 Å². The number of aromatic nitrogens is 2. The Balaban J connectivity index is 0.00000167. The van der Waals surface area contributed by atoms with Crippen LogP contribution in [0.15, 0.2) is 42.6 Å². The van der Waals surface area contributed by atoms with Crippen LogP contribution in [0.25, 0.3) is 16.6 Å². The van der Waals surface area contributed by atoms with E-state index in [0.717, 1.165) is 48.2 Å². The maximum absolute atomic E-state index is 13.5. The molecule has 5 nitrogen and oxygen atoms in total. The Kier molecular flexibility index (Phi) is 9.73. The van der Waals surface area contributed by atoms with Crippen molar-refractivity contribution in [1.82, 2.24) is 14.9 Å². The number of rotatable bonds is 8. The summed E-state index contributed by atoms with van der Waals surface area (Å²) >= 11 is 5.92. The van der Waals surface area contributed by atoms with Crippen LogP contribution in [0.5, 0.6) is 0 Å². The van der Waals surface area contributed by atoms with Crippen molar-refractivity contribution in [2.45, 2.75) is 59.8 Å². The van der Waals surface area contributed by atoms with Gasteiger partial charge >= 0.3 is 0 Å². The second kappa shape index (κ2) is 12.7. The number of pyridine rings is 1. The molecule has 2 aromatic heterocycles. The van der Waals surface area contributed by atoms with Gasteiger partial charge in [-0.1, -0.05) is 64.6 Å². The first-order valence-corrected chi connectivity index (χ1v) is 13.0. The van der Waals surface area contributed by atoms with E-state index in [1.807, 2.05) is 31.7 Å². The lowest BCUT2D eigenvalue weighted by Gasteiger charge is -2.28. The quantitative estimate of drug-likeness (QED) is 0.310. The number of halogens is 2. The number of nitrogens with one attached hydrogen (secondary N) is 2. The number of anilines is 2. The van der Waals surface area contributed by atoms with Crippen LogP contribution in [-0.2, 0) is 4.79 Å². The molecule has 188 valence electrons. The van der Waals surface area contributed by atoms with Crippen LogP contribution >= 0.6 is 11.6 Å². The molecule has 0 bridgehead atoms. The van der Waals surface area contributed by atoms with Gasteiger partial charge in [0.25, 0.3) is 0 Å². The fraction of sp³-hybridized carbons (Fsp3) is 0.429. The topological polar surface area (TPSA) is 61.0 Å². The van der Waals surface area contributed by atoms with E-state index in [1.54, 1.807) is 18.3 Å². The molecule has 3 heterocycles. The lowest BCUT2D eigenvalue weighted by atomic mass is 9.99. The highest BCUT2D eigenvalue weighted by molar-refractivity contribution is 6.31. The molecule has 0 aliphatic carbocycles. The molecule has 2 N–H and O–H groups in total. The predicted octanol–water partition coefficient (Wildman–Crippen LogP) is 7.96. The van der Waals surface area contributed by atoms with E-state index >= 15 is 0 Å². The van der Waals surface area contributed by atoms with Crippen LogP contribution in [-0.4, -0.2) is 33.9 Å². The summed E-state index contributed by atoms with van der Waals surface area (Å²) in [6.07, 6.45) is 9.09. The first-order chi connectivity index (χ1) is 17.0.